The minimum absolute atomic E-state index is 0.102. The van der Waals surface area contributed by atoms with Crippen LogP contribution in [-0.4, -0.2) is 57.4 Å². The molecule has 0 amide bonds. The first-order valence-electron chi connectivity index (χ1n) is 11.7. The van der Waals surface area contributed by atoms with Gasteiger partial charge in [-0.05, 0) is 57.7 Å². The molecule has 0 saturated carbocycles. The van der Waals surface area contributed by atoms with Crippen LogP contribution in [0.25, 0.3) is 0 Å². The van der Waals surface area contributed by atoms with E-state index in [9.17, 15) is 20.4 Å². The first kappa shape index (κ1) is 23.5. The van der Waals surface area contributed by atoms with Gasteiger partial charge in [-0.25, -0.2) is 0 Å². The van der Waals surface area contributed by atoms with Gasteiger partial charge in [0.1, 0.15) is 23.2 Å². The van der Waals surface area contributed by atoms with Gasteiger partial charge in [0.15, 0.2) is 6.29 Å². The Morgan fingerprint density at radius 3 is 2.59 bits per heavy atom. The Labute approximate surface area is 189 Å². The Bertz CT molecular complexity index is 864. The summed E-state index contributed by atoms with van der Waals surface area (Å²) >= 11 is 0. The molecule has 2 heterocycles. The molecule has 1 saturated heterocycles. The van der Waals surface area contributed by atoms with Crippen LogP contribution in [0.3, 0.4) is 0 Å². The van der Waals surface area contributed by atoms with Crippen LogP contribution in [0.2, 0.25) is 0 Å². The Kier molecular flexibility index (Phi) is 6.58. The second kappa shape index (κ2) is 8.95. The molecule has 1 aromatic rings. The van der Waals surface area contributed by atoms with E-state index in [1.165, 1.54) is 5.57 Å². The van der Waals surface area contributed by atoms with Gasteiger partial charge in [0.05, 0.1) is 18.6 Å². The van der Waals surface area contributed by atoms with E-state index >= 15 is 0 Å². The average molecular weight is 449 g/mol. The average Bonchev–Trinajstić information content (AvgIpc) is 2.71. The van der Waals surface area contributed by atoms with E-state index < -0.39 is 37.3 Å². The monoisotopic (exact) mass is 448 g/mol. The number of aliphatic hydroxyl groups is 4. The third-order valence-corrected chi connectivity index (χ3v) is 7.21. The normalized spacial score (nSPS) is 35.9. The zero-order chi connectivity index (χ0) is 23.2. The molecule has 32 heavy (non-hydrogen) atoms. The number of rotatable bonds is 5. The number of allylic oxidation sites excluding steroid dienone is 2. The van der Waals surface area contributed by atoms with Gasteiger partial charge in [0.25, 0.3) is 0 Å². The maximum Gasteiger partial charge on any atom is 0.210 e. The molecule has 2 aliphatic heterocycles. The molecular formula is C25H36O7. The lowest BCUT2D eigenvalue weighted by molar-refractivity contribution is -0.313. The summed E-state index contributed by atoms with van der Waals surface area (Å²) in [6.07, 6.45) is 0.532. The molecule has 178 valence electrons. The van der Waals surface area contributed by atoms with Gasteiger partial charge < -0.3 is 34.6 Å². The Morgan fingerprint density at radius 1 is 1.16 bits per heavy atom. The summed E-state index contributed by atoms with van der Waals surface area (Å²) in [5.74, 6) is 0.823. The summed E-state index contributed by atoms with van der Waals surface area (Å²) in [5, 5.41) is 40.2. The topological polar surface area (TPSA) is 109 Å². The summed E-state index contributed by atoms with van der Waals surface area (Å²) in [6.45, 7) is 8.06. The van der Waals surface area contributed by atoms with Crippen molar-refractivity contribution in [2.75, 3.05) is 6.61 Å². The fraction of sp³-hybridized carbons (Fsp3) is 0.680. The number of benzene rings is 1. The summed E-state index contributed by atoms with van der Waals surface area (Å²) in [5.41, 5.74) is 2.99. The molecule has 4 N–H and O–H groups in total. The maximum atomic E-state index is 10.4. The highest BCUT2D eigenvalue weighted by atomic mass is 16.7. The van der Waals surface area contributed by atoms with Crippen LogP contribution >= 0.6 is 0 Å². The van der Waals surface area contributed by atoms with Crippen LogP contribution < -0.4 is 9.47 Å². The van der Waals surface area contributed by atoms with Crippen LogP contribution in [0.15, 0.2) is 23.8 Å². The fourth-order valence-corrected chi connectivity index (χ4v) is 5.43. The SMILES string of the molecule is CCCc1cc(OC2O[C@H](O)[C@@H](O)[C@H](O)[C@H]2CO)c2c(c1)OC(C)(C)[C@@H]1CCC(C)=C[C@@H]21. The summed E-state index contributed by atoms with van der Waals surface area (Å²) in [4.78, 5) is 0. The molecular weight excluding hydrogens is 412 g/mol. The van der Waals surface area contributed by atoms with E-state index in [1.807, 2.05) is 6.07 Å². The maximum absolute atomic E-state index is 10.4. The molecule has 7 atom stereocenters. The highest BCUT2D eigenvalue weighted by Gasteiger charge is 2.48. The second-order valence-corrected chi connectivity index (χ2v) is 9.99. The van der Waals surface area contributed by atoms with Crippen LogP contribution in [-0.2, 0) is 11.2 Å². The molecule has 7 heteroatoms. The van der Waals surface area contributed by atoms with Crippen LogP contribution in [0.5, 0.6) is 11.5 Å². The van der Waals surface area contributed by atoms with Crippen LogP contribution in [0, 0.1) is 11.8 Å². The molecule has 1 aromatic carbocycles. The Hall–Kier alpha value is -1.64. The highest BCUT2D eigenvalue weighted by molar-refractivity contribution is 5.54. The van der Waals surface area contributed by atoms with E-state index in [4.69, 9.17) is 14.2 Å². The Morgan fingerprint density at radius 2 is 1.91 bits per heavy atom. The number of ether oxygens (including phenoxy) is 3. The van der Waals surface area contributed by atoms with Crippen molar-refractivity contribution in [3.8, 4) is 11.5 Å². The largest absolute Gasteiger partial charge is 0.487 e. The summed E-state index contributed by atoms with van der Waals surface area (Å²) in [6, 6.07) is 4.06. The van der Waals surface area contributed by atoms with Gasteiger partial charge in [-0.1, -0.05) is 25.0 Å². The van der Waals surface area contributed by atoms with Crippen molar-refractivity contribution in [1.82, 2.24) is 0 Å². The Balaban J connectivity index is 1.79. The molecule has 1 aliphatic carbocycles. The van der Waals surface area contributed by atoms with Crippen molar-refractivity contribution in [2.45, 2.75) is 89.7 Å². The number of fused-ring (bicyclic) bond motifs is 3. The molecule has 0 radical (unpaired) electrons. The molecule has 4 rings (SSSR count). The number of hydrogen-bond donors (Lipinski definition) is 4. The van der Waals surface area contributed by atoms with Crippen LogP contribution in [0.1, 0.15) is 64.0 Å². The van der Waals surface area contributed by atoms with Crippen molar-refractivity contribution in [3.63, 3.8) is 0 Å². The standard InChI is InChI=1S/C25H36O7/c1-5-6-14-10-18(30-24-16(12-26)21(27)22(28)23(29)31-24)20-15-9-13(2)7-8-17(15)25(3,4)32-19(20)11-14/h9-11,15-17,21-24,26-29H,5-8,12H2,1-4H3/t15-,16-,17-,21-,22+,23+,24?/m1/s1. The lowest BCUT2D eigenvalue weighted by atomic mass is 9.68. The van der Waals surface area contributed by atoms with Gasteiger partial charge in [-0.15, -0.1) is 0 Å². The lowest BCUT2D eigenvalue weighted by Gasteiger charge is -2.47. The zero-order valence-corrected chi connectivity index (χ0v) is 19.3. The second-order valence-electron chi connectivity index (χ2n) is 9.99. The van der Waals surface area contributed by atoms with Gasteiger partial charge in [-0.3, -0.25) is 0 Å². The van der Waals surface area contributed by atoms with Gasteiger partial charge in [-0.2, -0.15) is 0 Å². The van der Waals surface area contributed by atoms with Crippen molar-refractivity contribution in [3.05, 3.63) is 34.9 Å². The molecule has 0 bridgehead atoms. The molecule has 1 unspecified atom stereocenters. The van der Waals surface area contributed by atoms with Gasteiger partial charge in [0.2, 0.25) is 6.29 Å². The first-order valence-corrected chi connectivity index (χ1v) is 11.7. The van der Waals surface area contributed by atoms with E-state index in [2.05, 4.69) is 39.8 Å². The fourth-order valence-electron chi connectivity index (χ4n) is 5.43. The van der Waals surface area contributed by atoms with E-state index in [0.29, 0.717) is 5.75 Å². The number of aryl methyl sites for hydroxylation is 1. The van der Waals surface area contributed by atoms with Crippen LogP contribution in [0.4, 0.5) is 0 Å². The van der Waals surface area contributed by atoms with Crippen molar-refractivity contribution >= 4 is 0 Å². The summed E-state index contributed by atoms with van der Waals surface area (Å²) < 4.78 is 18.3. The molecule has 3 aliphatic rings. The zero-order valence-electron chi connectivity index (χ0n) is 19.3. The first-order chi connectivity index (χ1) is 15.2. The van der Waals surface area contributed by atoms with Crippen molar-refractivity contribution in [1.29, 1.82) is 0 Å². The lowest BCUT2D eigenvalue weighted by Crippen LogP contribution is -2.57. The third-order valence-electron chi connectivity index (χ3n) is 7.21. The van der Waals surface area contributed by atoms with Gasteiger partial charge >= 0.3 is 0 Å². The predicted octanol–water partition coefficient (Wildman–Crippen LogP) is 2.63. The van der Waals surface area contributed by atoms with E-state index in [-0.39, 0.29) is 17.4 Å². The van der Waals surface area contributed by atoms with E-state index in [1.54, 1.807) is 0 Å². The number of hydrogen-bond acceptors (Lipinski definition) is 7. The smallest absolute Gasteiger partial charge is 0.210 e. The highest BCUT2D eigenvalue weighted by Crippen LogP contribution is 2.54. The molecule has 0 spiro atoms. The molecule has 1 fully saturated rings. The van der Waals surface area contributed by atoms with Crippen molar-refractivity contribution < 1.29 is 34.6 Å². The summed E-state index contributed by atoms with van der Waals surface area (Å²) in [7, 11) is 0. The number of aliphatic hydroxyl groups excluding tert-OH is 4. The van der Waals surface area contributed by atoms with Gasteiger partial charge in [0, 0.05) is 17.4 Å². The molecule has 0 aromatic heterocycles. The predicted molar refractivity (Wildman–Crippen MR) is 118 cm³/mol. The third kappa shape index (κ3) is 4.17. The quantitative estimate of drug-likeness (QED) is 0.513. The minimum Gasteiger partial charge on any atom is -0.487 e. The van der Waals surface area contributed by atoms with E-state index in [0.717, 1.165) is 42.6 Å². The van der Waals surface area contributed by atoms with Crippen molar-refractivity contribution in [2.24, 2.45) is 11.8 Å². The molecule has 7 nitrogen and oxygen atoms in total. The minimum atomic E-state index is -1.60.